The Morgan fingerprint density at radius 3 is 2.61 bits per heavy atom. The molecule has 0 aliphatic heterocycles. The lowest BCUT2D eigenvalue weighted by Crippen LogP contribution is -2.52. The fourth-order valence-corrected chi connectivity index (χ4v) is 7.38. The van der Waals surface area contributed by atoms with E-state index >= 15 is 0 Å². The minimum absolute atomic E-state index is 0.0612. The minimum atomic E-state index is -0.517. The molecule has 0 bridgehead atoms. The molecule has 7 atom stereocenters. The third-order valence-electron chi connectivity index (χ3n) is 9.36. The van der Waals surface area contributed by atoms with Gasteiger partial charge in [-0.1, -0.05) is 39.3 Å². The van der Waals surface area contributed by atoms with E-state index < -0.39 is 5.60 Å². The molecule has 158 valence electrons. The van der Waals surface area contributed by atoms with Crippen LogP contribution in [0.5, 0.6) is 0 Å². The van der Waals surface area contributed by atoms with Crippen LogP contribution in [0.15, 0.2) is 11.6 Å². The molecule has 3 fully saturated rings. The van der Waals surface area contributed by atoms with Crippen LogP contribution in [-0.2, 0) is 9.53 Å². The Kier molecular flexibility index (Phi) is 5.11. The average molecular weight is 389 g/mol. The summed E-state index contributed by atoms with van der Waals surface area (Å²) in [6, 6.07) is 0. The molecule has 0 saturated heterocycles. The van der Waals surface area contributed by atoms with Crippen molar-refractivity contribution in [3.63, 3.8) is 0 Å². The van der Waals surface area contributed by atoms with Gasteiger partial charge in [0.05, 0.1) is 11.7 Å². The van der Waals surface area contributed by atoms with Crippen LogP contribution in [0, 0.1) is 34.5 Å². The van der Waals surface area contributed by atoms with Crippen molar-refractivity contribution in [3.05, 3.63) is 11.6 Å². The van der Waals surface area contributed by atoms with E-state index in [0.717, 1.165) is 37.5 Å². The summed E-state index contributed by atoms with van der Waals surface area (Å²) in [5.74, 6) is 2.49. The van der Waals surface area contributed by atoms with Crippen LogP contribution in [0.2, 0.25) is 0 Å². The van der Waals surface area contributed by atoms with E-state index in [-0.39, 0.29) is 35.2 Å². The SMILES string of the molecule is CC(C)C(=O)COC1CCC2C3CC=C4CC(C)(O)CCC4(C)C3CCC12C. The summed E-state index contributed by atoms with van der Waals surface area (Å²) >= 11 is 0. The highest BCUT2D eigenvalue weighted by atomic mass is 16.5. The Labute approximate surface area is 171 Å². The van der Waals surface area contributed by atoms with E-state index in [9.17, 15) is 9.90 Å². The smallest absolute Gasteiger partial charge is 0.160 e. The van der Waals surface area contributed by atoms with Gasteiger partial charge >= 0.3 is 0 Å². The highest BCUT2D eigenvalue weighted by molar-refractivity contribution is 5.81. The van der Waals surface area contributed by atoms with Crippen LogP contribution in [0.1, 0.15) is 86.0 Å². The molecule has 0 radical (unpaired) electrons. The number of hydrogen-bond donors (Lipinski definition) is 1. The zero-order chi connectivity index (χ0) is 20.3. The molecular formula is C25H40O3. The molecule has 28 heavy (non-hydrogen) atoms. The van der Waals surface area contributed by atoms with Crippen molar-refractivity contribution in [2.75, 3.05) is 6.61 Å². The van der Waals surface area contributed by atoms with E-state index in [1.807, 2.05) is 20.8 Å². The Morgan fingerprint density at radius 1 is 1.14 bits per heavy atom. The molecule has 3 nitrogen and oxygen atoms in total. The van der Waals surface area contributed by atoms with Gasteiger partial charge in [0.15, 0.2) is 5.78 Å². The van der Waals surface area contributed by atoms with Crippen molar-refractivity contribution >= 4 is 5.78 Å². The lowest BCUT2D eigenvalue weighted by atomic mass is 9.47. The molecule has 3 heteroatoms. The number of aliphatic hydroxyl groups is 1. The lowest BCUT2D eigenvalue weighted by molar-refractivity contribution is -0.135. The third kappa shape index (κ3) is 3.21. The number of fused-ring (bicyclic) bond motifs is 5. The summed E-state index contributed by atoms with van der Waals surface area (Å²) < 4.78 is 6.24. The second-order valence-corrected chi connectivity index (χ2v) is 11.5. The van der Waals surface area contributed by atoms with Crippen molar-refractivity contribution < 1.29 is 14.6 Å². The number of Topliss-reactive ketones (excluding diaryl/α,β-unsaturated/α-hetero) is 1. The first-order chi connectivity index (χ1) is 13.1. The van der Waals surface area contributed by atoms with Gasteiger partial charge in [0.1, 0.15) is 6.61 Å². The van der Waals surface area contributed by atoms with Gasteiger partial charge in [-0.2, -0.15) is 0 Å². The molecule has 0 heterocycles. The summed E-state index contributed by atoms with van der Waals surface area (Å²) in [7, 11) is 0. The third-order valence-corrected chi connectivity index (χ3v) is 9.36. The van der Waals surface area contributed by atoms with Gasteiger partial charge < -0.3 is 9.84 Å². The highest BCUT2D eigenvalue weighted by Crippen LogP contribution is 2.65. The minimum Gasteiger partial charge on any atom is -0.390 e. The number of allylic oxidation sites excluding steroid dienone is 1. The van der Waals surface area contributed by atoms with Gasteiger partial charge in [-0.05, 0) is 86.9 Å². The standard InChI is InChI=1S/C25H40O3/c1-16(2)21(26)15-28-22-9-8-19-18-7-6-17-14-23(3,27)12-13-24(17,4)20(18)10-11-25(19,22)5/h6,16,18-20,22,27H,7-15H2,1-5H3. The Morgan fingerprint density at radius 2 is 1.89 bits per heavy atom. The highest BCUT2D eigenvalue weighted by Gasteiger charge is 2.59. The molecule has 0 aromatic heterocycles. The number of carbonyl (C=O) groups is 1. The number of rotatable bonds is 4. The van der Waals surface area contributed by atoms with Crippen LogP contribution in [0.4, 0.5) is 0 Å². The van der Waals surface area contributed by atoms with Gasteiger partial charge in [-0.25, -0.2) is 0 Å². The van der Waals surface area contributed by atoms with E-state index in [0.29, 0.717) is 5.92 Å². The largest absolute Gasteiger partial charge is 0.390 e. The number of hydrogen-bond acceptors (Lipinski definition) is 3. The predicted molar refractivity (Wildman–Crippen MR) is 112 cm³/mol. The molecule has 4 aliphatic rings. The van der Waals surface area contributed by atoms with Gasteiger partial charge in [0, 0.05) is 5.92 Å². The summed E-state index contributed by atoms with van der Waals surface area (Å²) in [5.41, 5.74) is 1.51. The van der Waals surface area contributed by atoms with E-state index in [2.05, 4.69) is 19.9 Å². The van der Waals surface area contributed by atoms with Crippen molar-refractivity contribution in [1.29, 1.82) is 0 Å². The number of carbonyl (C=O) groups excluding carboxylic acids is 1. The molecule has 0 spiro atoms. The van der Waals surface area contributed by atoms with Crippen molar-refractivity contribution in [2.45, 2.75) is 97.7 Å². The molecule has 7 unspecified atom stereocenters. The maximum atomic E-state index is 12.1. The van der Waals surface area contributed by atoms with Crippen LogP contribution in [0.25, 0.3) is 0 Å². The molecule has 4 rings (SSSR count). The zero-order valence-corrected chi connectivity index (χ0v) is 18.6. The van der Waals surface area contributed by atoms with Crippen LogP contribution < -0.4 is 0 Å². The summed E-state index contributed by atoms with van der Waals surface area (Å²) in [4.78, 5) is 12.1. The number of ether oxygens (including phenoxy) is 1. The number of ketones is 1. The Balaban J connectivity index is 1.52. The molecule has 0 aromatic rings. The fraction of sp³-hybridized carbons (Fsp3) is 0.880. The Bertz CT molecular complexity index is 663. The molecule has 1 N–H and O–H groups in total. The zero-order valence-electron chi connectivity index (χ0n) is 18.6. The molecule has 0 amide bonds. The van der Waals surface area contributed by atoms with Gasteiger partial charge in [-0.15, -0.1) is 0 Å². The summed E-state index contributed by atoms with van der Waals surface area (Å²) in [5, 5.41) is 10.6. The van der Waals surface area contributed by atoms with Crippen LogP contribution in [0.3, 0.4) is 0 Å². The lowest BCUT2D eigenvalue weighted by Gasteiger charge is -2.58. The maximum absolute atomic E-state index is 12.1. The van der Waals surface area contributed by atoms with Crippen LogP contribution >= 0.6 is 0 Å². The monoisotopic (exact) mass is 388 g/mol. The van der Waals surface area contributed by atoms with E-state index in [1.165, 1.54) is 31.3 Å². The quantitative estimate of drug-likeness (QED) is 0.664. The van der Waals surface area contributed by atoms with Crippen molar-refractivity contribution in [3.8, 4) is 0 Å². The first-order valence-electron chi connectivity index (χ1n) is 11.6. The van der Waals surface area contributed by atoms with Gasteiger partial charge in [0.25, 0.3) is 0 Å². The molecule has 4 aliphatic carbocycles. The average Bonchev–Trinajstić information content (AvgIpc) is 2.96. The fourth-order valence-electron chi connectivity index (χ4n) is 7.38. The summed E-state index contributed by atoms with van der Waals surface area (Å²) in [6.07, 6.45) is 11.7. The molecule has 0 aromatic carbocycles. The predicted octanol–water partition coefficient (Wildman–Crippen LogP) is 5.31. The first kappa shape index (κ1) is 20.6. The second kappa shape index (κ2) is 6.94. The first-order valence-corrected chi connectivity index (χ1v) is 11.6. The maximum Gasteiger partial charge on any atom is 0.160 e. The van der Waals surface area contributed by atoms with Crippen LogP contribution in [-0.4, -0.2) is 29.2 Å². The second-order valence-electron chi connectivity index (χ2n) is 11.5. The van der Waals surface area contributed by atoms with Crippen molar-refractivity contribution in [1.82, 2.24) is 0 Å². The molecule has 3 saturated carbocycles. The Hall–Kier alpha value is -0.670. The topological polar surface area (TPSA) is 46.5 Å². The van der Waals surface area contributed by atoms with E-state index in [4.69, 9.17) is 4.74 Å². The normalized spacial score (nSPS) is 47.9. The van der Waals surface area contributed by atoms with E-state index in [1.54, 1.807) is 0 Å². The van der Waals surface area contributed by atoms with Gasteiger partial charge in [-0.3, -0.25) is 4.79 Å². The molecular weight excluding hydrogens is 348 g/mol. The summed E-state index contributed by atoms with van der Waals surface area (Å²) in [6.45, 7) is 11.1. The van der Waals surface area contributed by atoms with Gasteiger partial charge in [0.2, 0.25) is 0 Å². The van der Waals surface area contributed by atoms with Crippen molar-refractivity contribution in [2.24, 2.45) is 34.5 Å².